The fourth-order valence-electron chi connectivity index (χ4n) is 7.97. The molecular weight excluding hydrogens is 928 g/mol. The first-order valence-corrected chi connectivity index (χ1v) is 24.7. The van der Waals surface area contributed by atoms with Gasteiger partial charge < -0.3 is 33.3 Å². The number of Topliss-reactive ketones (excluding diaryl/α,β-unsaturated/α-hetero) is 1. The minimum absolute atomic E-state index is 0.0428. The Morgan fingerprint density at radius 1 is 1.15 bits per heavy atom. The Kier molecular flexibility index (Phi) is 11.5. The van der Waals surface area contributed by atoms with E-state index in [-0.39, 0.29) is 30.5 Å². The Balaban J connectivity index is 1.81. The minimum atomic E-state index is -2.03. The average molecular weight is 972 g/mol. The molecule has 17 heteroatoms. The molecule has 4 aliphatic rings. The predicted molar refractivity (Wildman–Crippen MR) is 204 cm³/mol. The van der Waals surface area contributed by atoms with Crippen molar-refractivity contribution in [1.29, 1.82) is 3.99 Å². The van der Waals surface area contributed by atoms with Crippen LogP contribution in [0.25, 0.3) is 0 Å². The lowest BCUT2D eigenvalue weighted by atomic mass is 9.44. The highest BCUT2D eigenvalue weighted by atomic mass is 127. The topological polar surface area (TPSA) is 147 Å². The Hall–Kier alpha value is 0.190. The van der Waals surface area contributed by atoms with Crippen LogP contribution in [0.2, 0.25) is 0 Å². The van der Waals surface area contributed by atoms with E-state index in [1.807, 2.05) is 51.0 Å². The molecule has 0 radical (unpaired) electrons. The molecule has 4 unspecified atom stereocenters. The summed E-state index contributed by atoms with van der Waals surface area (Å²) in [6, 6.07) is 8.21. The van der Waals surface area contributed by atoms with Crippen LogP contribution in [0.5, 0.6) is 0 Å². The lowest BCUT2D eigenvalue weighted by Gasteiger charge is -2.67. The van der Waals surface area contributed by atoms with Crippen molar-refractivity contribution >= 4 is 98.4 Å². The van der Waals surface area contributed by atoms with Crippen LogP contribution in [0, 0.1) is 16.7 Å². The van der Waals surface area contributed by atoms with Crippen LogP contribution >= 0.6 is 80.5 Å². The summed E-state index contributed by atoms with van der Waals surface area (Å²) in [5, 5.41) is 18.8. The van der Waals surface area contributed by atoms with Gasteiger partial charge in [-0.3, -0.25) is 8.98 Å². The predicted octanol–water partition coefficient (Wildman–Crippen LogP) is 6.62. The molecule has 2 bridgehead atoms. The zero-order chi connectivity index (χ0) is 37.5. The summed E-state index contributed by atoms with van der Waals surface area (Å²) >= 11 is 6.08. The molecule has 3 aliphatic carbocycles. The quantitative estimate of drug-likeness (QED) is 0.0762. The number of methoxy groups -OCH3 is 1. The third-order valence-corrected chi connectivity index (χ3v) is 17.9. The summed E-state index contributed by atoms with van der Waals surface area (Å²) in [5.74, 6) is -2.69. The minimum Gasteiger partial charge on any atom is -0.455 e. The van der Waals surface area contributed by atoms with E-state index in [0.29, 0.717) is 16.6 Å². The van der Waals surface area contributed by atoms with Crippen LogP contribution in [0.3, 0.4) is 0 Å². The van der Waals surface area contributed by atoms with Crippen LogP contribution in [0.4, 0.5) is 4.79 Å². The SMILES string of the molecule is [2H]O[C@H]1CC2OC[C@@]2(OC(=O)OC)C2[C@H](OC(=O)c3ccccc3)[C@]3(O)C[C@H](OSCP([2H])I)C(C)=C([C@@H](OSCP([2H])I)C(=O)[C@@]21C)C3(C)C. The number of rotatable bonds is 12. The fraction of sp³-hybridized carbons (Fsp3) is 0.645. The molecule has 11 atom stereocenters. The largest absolute Gasteiger partial charge is 0.508 e. The highest BCUT2D eigenvalue weighted by Crippen LogP contribution is 2.65. The summed E-state index contributed by atoms with van der Waals surface area (Å²) in [6.07, 6.45) is -9.39. The summed E-state index contributed by atoms with van der Waals surface area (Å²) < 4.78 is 60.5. The Morgan fingerprint density at radius 3 is 2.40 bits per heavy atom. The number of aliphatic hydroxyl groups is 2. The smallest absolute Gasteiger partial charge is 0.455 e. The van der Waals surface area contributed by atoms with Crippen LogP contribution in [0.15, 0.2) is 41.5 Å². The molecule has 266 valence electrons. The Bertz CT molecular complexity index is 1520. The van der Waals surface area contributed by atoms with Crippen molar-refractivity contribution in [2.75, 3.05) is 24.7 Å². The number of ether oxygens (including phenoxy) is 4. The molecule has 48 heavy (non-hydrogen) atoms. The third kappa shape index (κ3) is 6.64. The molecule has 3 fully saturated rings. The molecule has 0 spiro atoms. The van der Waals surface area contributed by atoms with Gasteiger partial charge in [-0.2, -0.15) is 0 Å². The molecule has 2 saturated carbocycles. The number of carbonyl (C=O) groups is 3. The van der Waals surface area contributed by atoms with Crippen LogP contribution in [-0.4, -0.2) is 98.5 Å². The van der Waals surface area contributed by atoms with Crippen LogP contribution < -0.4 is 0 Å². The van der Waals surface area contributed by atoms with Gasteiger partial charge in [0.05, 0.1) is 45.4 Å². The maximum atomic E-state index is 15.5. The number of hydrogen-bond acceptors (Lipinski definition) is 13. The molecule has 1 heterocycles. The molecule has 1 aliphatic heterocycles. The molecule has 2 N–H and O–H groups in total. The number of benzene rings is 1. The third-order valence-electron chi connectivity index (χ3n) is 10.5. The van der Waals surface area contributed by atoms with Crippen molar-refractivity contribution in [3.8, 4) is 0 Å². The maximum Gasteiger partial charge on any atom is 0.508 e. The van der Waals surface area contributed by atoms with Gasteiger partial charge in [0.15, 0.2) is 17.5 Å². The van der Waals surface area contributed by atoms with Crippen molar-refractivity contribution in [2.24, 2.45) is 16.7 Å². The summed E-state index contributed by atoms with van der Waals surface area (Å²) in [7, 11) is 1.15. The highest BCUT2D eigenvalue weighted by Gasteiger charge is 2.78. The van der Waals surface area contributed by atoms with Gasteiger partial charge in [-0.25, -0.2) is 9.59 Å². The zero-order valence-corrected chi connectivity index (χ0v) is 34.6. The molecule has 5 rings (SSSR count). The number of halogens is 2. The Morgan fingerprint density at radius 2 is 1.81 bits per heavy atom. The van der Waals surface area contributed by atoms with Crippen molar-refractivity contribution in [3.63, 3.8) is 0 Å². The first-order valence-electron chi connectivity index (χ1n) is 16.4. The molecule has 1 aromatic rings. The van der Waals surface area contributed by atoms with Gasteiger partial charge in [0.25, 0.3) is 0 Å². The molecular formula is C31H40I2O11P2S2. The van der Waals surface area contributed by atoms with E-state index in [1.165, 1.54) is 0 Å². The monoisotopic (exact) mass is 971 g/mol. The van der Waals surface area contributed by atoms with Gasteiger partial charge in [0.1, 0.15) is 17.8 Å². The lowest BCUT2D eigenvalue weighted by molar-refractivity contribution is -0.343. The fourth-order valence-corrected chi connectivity index (χ4v) is 11.5. The lowest BCUT2D eigenvalue weighted by Crippen LogP contribution is -2.81. The molecule has 0 aromatic heterocycles. The van der Waals surface area contributed by atoms with E-state index in [4.69, 9.17) is 36.4 Å². The highest BCUT2D eigenvalue weighted by molar-refractivity contribution is 14.2. The second-order valence-corrected chi connectivity index (χ2v) is 20.5. The molecule has 1 aromatic carbocycles. The van der Waals surface area contributed by atoms with Gasteiger partial charge in [-0.15, -0.1) is 0 Å². The number of hydrogen-bond donors (Lipinski definition) is 2. The van der Waals surface area contributed by atoms with E-state index in [9.17, 15) is 14.7 Å². The second kappa shape index (κ2) is 15.7. The van der Waals surface area contributed by atoms with Crippen molar-refractivity contribution < 1.29 is 51.9 Å². The van der Waals surface area contributed by atoms with Crippen molar-refractivity contribution in [3.05, 3.63) is 47.0 Å². The van der Waals surface area contributed by atoms with Gasteiger partial charge in [-0.05, 0) is 73.5 Å². The average Bonchev–Trinajstić information content (AvgIpc) is 3.07. The standard InChI is InChI=1S/C31H40I2O11P2S2/c1-16-18(43-47-14-45-32)12-31(38)25(41-26(36)17-9-7-6-8-10-17)23-29(4,19(34)11-20-30(23,13-40-20)42-27(37)39-5)24(35)22(44-48-15-46-33)21(16)28(31,2)3/h6-10,18-20,22-23,25,34,38,45-46H,11-15H2,1-5H3/t18-,19-,20?,22+,23?,25-,29+,30-,31+,45?,46?/m0/s1/i34D,45D,46D. The maximum absolute atomic E-state index is 15.5. The normalized spacial score (nSPS) is 39.1. The van der Waals surface area contributed by atoms with Crippen molar-refractivity contribution in [2.45, 2.75) is 82.3 Å². The summed E-state index contributed by atoms with van der Waals surface area (Å²) in [4.78, 5) is 42.7. The van der Waals surface area contributed by atoms with Gasteiger partial charge in [0, 0.05) is 29.2 Å². The number of esters is 1. The zero-order valence-electron chi connectivity index (χ0n) is 29.9. The molecule has 0 amide bonds. The first kappa shape index (κ1) is 35.2. The van der Waals surface area contributed by atoms with Gasteiger partial charge >= 0.3 is 12.1 Å². The Labute approximate surface area is 322 Å². The molecule has 11 nitrogen and oxygen atoms in total. The van der Waals surface area contributed by atoms with Crippen LogP contribution in [0.1, 0.15) is 50.9 Å². The van der Waals surface area contributed by atoms with E-state index >= 15 is 4.79 Å². The molecule has 1 saturated heterocycles. The number of carbonyl (C=O) groups excluding carboxylic acids is 3. The van der Waals surface area contributed by atoms with E-state index in [0.717, 1.165) is 31.2 Å². The number of fused-ring (bicyclic) bond motifs is 5. The van der Waals surface area contributed by atoms with E-state index < -0.39 is 88.7 Å². The van der Waals surface area contributed by atoms with E-state index in [2.05, 4.69) is 0 Å². The number of ketones is 1. The van der Waals surface area contributed by atoms with Crippen molar-refractivity contribution in [1.82, 2.24) is 0 Å². The van der Waals surface area contributed by atoms with E-state index in [1.54, 1.807) is 51.1 Å². The van der Waals surface area contributed by atoms with Crippen LogP contribution in [-0.2, 0) is 32.1 Å². The van der Waals surface area contributed by atoms with Gasteiger partial charge in [0.2, 0.25) is 1.43 Å². The second-order valence-electron chi connectivity index (χ2n) is 13.0. The van der Waals surface area contributed by atoms with Gasteiger partial charge in [-0.1, -0.05) is 76.1 Å². The summed E-state index contributed by atoms with van der Waals surface area (Å²) in [6.45, 7) is 6.67. The summed E-state index contributed by atoms with van der Waals surface area (Å²) in [5.41, 5.74) is -4.99. The number of aliphatic hydroxyl groups excluding tert-OH is 1. The first-order chi connectivity index (χ1) is 24.0.